The number of aryl methyl sites for hydroxylation is 1. The van der Waals surface area contributed by atoms with Crippen molar-refractivity contribution in [3.8, 4) is 11.4 Å². The van der Waals surface area contributed by atoms with Gasteiger partial charge in [-0.15, -0.1) is 0 Å². The van der Waals surface area contributed by atoms with Crippen molar-refractivity contribution in [3.05, 3.63) is 24.4 Å². The Balaban J connectivity index is 2.31. The van der Waals surface area contributed by atoms with Gasteiger partial charge in [-0.25, -0.2) is 4.98 Å². The van der Waals surface area contributed by atoms with Gasteiger partial charge < -0.3 is 14.2 Å². The minimum atomic E-state index is -0.130. The lowest BCUT2D eigenvalue weighted by Gasteiger charge is -2.02. The molecular weight excluding hydrogens is 194 g/mol. The molecule has 0 aromatic carbocycles. The molecule has 5 heteroatoms. The van der Waals surface area contributed by atoms with Crippen LogP contribution in [0.5, 0.6) is 0 Å². The van der Waals surface area contributed by atoms with E-state index in [1.54, 1.807) is 18.6 Å². The molecule has 80 valence electrons. The van der Waals surface area contributed by atoms with Gasteiger partial charge in [-0.1, -0.05) is 12.1 Å². The lowest BCUT2D eigenvalue weighted by molar-refractivity contribution is 0.229. The predicted molar refractivity (Wildman–Crippen MR) is 53.9 cm³/mol. The van der Waals surface area contributed by atoms with Crippen LogP contribution in [0.15, 0.2) is 23.1 Å². The highest BCUT2D eigenvalue weighted by Crippen LogP contribution is 2.18. The summed E-state index contributed by atoms with van der Waals surface area (Å²) in [6.07, 6.45) is 4.55. The molecule has 0 radical (unpaired) electrons. The maximum absolute atomic E-state index is 8.86. The third-order valence-electron chi connectivity index (χ3n) is 2.15. The van der Waals surface area contributed by atoms with Crippen LogP contribution in [-0.4, -0.2) is 19.8 Å². The maximum atomic E-state index is 8.86. The van der Waals surface area contributed by atoms with E-state index >= 15 is 0 Å². The van der Waals surface area contributed by atoms with Crippen LogP contribution in [0.2, 0.25) is 0 Å². The molecule has 2 aromatic heterocycles. The fraction of sp³-hybridized carbons (Fsp3) is 0.400. The van der Waals surface area contributed by atoms with Gasteiger partial charge in [0.25, 0.3) is 0 Å². The number of hydrogen-bond donors (Lipinski definition) is 1. The average molecular weight is 207 g/mol. The summed E-state index contributed by atoms with van der Waals surface area (Å²) in [6, 6.07) is 1.73. The van der Waals surface area contributed by atoms with E-state index in [1.807, 2.05) is 4.57 Å². The van der Waals surface area contributed by atoms with Gasteiger partial charge in [0.05, 0.1) is 18.2 Å². The first-order chi connectivity index (χ1) is 7.35. The second kappa shape index (κ2) is 4.27. The van der Waals surface area contributed by atoms with Crippen LogP contribution >= 0.6 is 0 Å². The molecule has 0 saturated carbocycles. The average Bonchev–Trinajstić information content (AvgIpc) is 2.85. The van der Waals surface area contributed by atoms with Gasteiger partial charge in [-0.2, -0.15) is 0 Å². The zero-order chi connectivity index (χ0) is 10.7. The van der Waals surface area contributed by atoms with Gasteiger partial charge in [0.1, 0.15) is 12.3 Å². The van der Waals surface area contributed by atoms with Crippen molar-refractivity contribution in [1.82, 2.24) is 14.7 Å². The molecule has 15 heavy (non-hydrogen) atoms. The van der Waals surface area contributed by atoms with E-state index in [2.05, 4.69) is 17.1 Å². The molecule has 2 aromatic rings. The molecule has 0 aliphatic heterocycles. The second-order valence-corrected chi connectivity index (χ2v) is 3.31. The van der Waals surface area contributed by atoms with Crippen molar-refractivity contribution in [2.75, 3.05) is 0 Å². The monoisotopic (exact) mass is 207 g/mol. The number of hydrogen-bond acceptors (Lipinski definition) is 4. The molecule has 0 fully saturated rings. The van der Waals surface area contributed by atoms with E-state index in [1.165, 1.54) is 0 Å². The standard InChI is InChI=1S/C10H13N3O2/c1-2-3-13-7-11-5-10(13)9-4-8(6-14)15-12-9/h4-5,7,14H,2-3,6H2,1H3. The number of nitrogens with zero attached hydrogens (tertiary/aromatic N) is 3. The zero-order valence-corrected chi connectivity index (χ0v) is 8.55. The van der Waals surface area contributed by atoms with E-state index < -0.39 is 0 Å². The molecule has 0 aliphatic carbocycles. The molecule has 0 bridgehead atoms. The van der Waals surface area contributed by atoms with Gasteiger partial charge in [-0.3, -0.25) is 0 Å². The Bertz CT molecular complexity index is 433. The third-order valence-corrected chi connectivity index (χ3v) is 2.15. The van der Waals surface area contributed by atoms with Gasteiger partial charge in [-0.05, 0) is 6.42 Å². The van der Waals surface area contributed by atoms with E-state index in [9.17, 15) is 0 Å². The molecule has 0 spiro atoms. The largest absolute Gasteiger partial charge is 0.388 e. The topological polar surface area (TPSA) is 64.1 Å². The number of aliphatic hydroxyl groups is 1. The molecule has 2 heterocycles. The summed E-state index contributed by atoms with van der Waals surface area (Å²) >= 11 is 0. The number of imidazole rings is 1. The molecule has 1 N–H and O–H groups in total. The van der Waals surface area contributed by atoms with Crippen molar-refractivity contribution < 1.29 is 9.63 Å². The summed E-state index contributed by atoms with van der Waals surface area (Å²) < 4.78 is 6.94. The van der Waals surface area contributed by atoms with E-state index in [4.69, 9.17) is 9.63 Å². The lowest BCUT2D eigenvalue weighted by atomic mass is 10.3. The Hall–Kier alpha value is -1.62. The Kier molecular flexibility index (Phi) is 2.82. The molecule has 0 unspecified atom stereocenters. The van der Waals surface area contributed by atoms with Crippen LogP contribution in [0.25, 0.3) is 11.4 Å². The fourth-order valence-corrected chi connectivity index (χ4v) is 1.46. The van der Waals surface area contributed by atoms with Crippen molar-refractivity contribution in [3.63, 3.8) is 0 Å². The quantitative estimate of drug-likeness (QED) is 0.823. The van der Waals surface area contributed by atoms with Crippen molar-refractivity contribution in [2.45, 2.75) is 26.5 Å². The highest BCUT2D eigenvalue weighted by atomic mass is 16.5. The number of aromatic nitrogens is 3. The van der Waals surface area contributed by atoms with E-state index in [0.29, 0.717) is 11.5 Å². The summed E-state index contributed by atoms with van der Waals surface area (Å²) in [5.74, 6) is 0.467. The smallest absolute Gasteiger partial charge is 0.162 e. The van der Waals surface area contributed by atoms with Crippen LogP contribution in [0.1, 0.15) is 19.1 Å². The summed E-state index contributed by atoms with van der Waals surface area (Å²) in [5.41, 5.74) is 1.63. The first kappa shape index (κ1) is 9.92. The zero-order valence-electron chi connectivity index (χ0n) is 8.55. The summed E-state index contributed by atoms with van der Waals surface area (Å²) in [5, 5.41) is 12.7. The predicted octanol–water partition coefficient (Wildman–Crippen LogP) is 1.44. The molecule has 2 rings (SSSR count). The van der Waals surface area contributed by atoms with Gasteiger partial charge in [0, 0.05) is 12.6 Å². The van der Waals surface area contributed by atoms with Crippen LogP contribution in [-0.2, 0) is 13.2 Å². The fourth-order valence-electron chi connectivity index (χ4n) is 1.46. The van der Waals surface area contributed by atoms with Gasteiger partial charge in [0.2, 0.25) is 0 Å². The Morgan fingerprint density at radius 2 is 2.40 bits per heavy atom. The first-order valence-corrected chi connectivity index (χ1v) is 4.92. The molecule has 5 nitrogen and oxygen atoms in total. The SMILES string of the molecule is CCCn1cncc1-c1cc(CO)on1. The Morgan fingerprint density at radius 1 is 1.53 bits per heavy atom. The summed E-state index contributed by atoms with van der Waals surface area (Å²) in [7, 11) is 0. The molecule has 0 atom stereocenters. The van der Waals surface area contributed by atoms with E-state index in [0.717, 1.165) is 18.7 Å². The van der Waals surface area contributed by atoms with Crippen LogP contribution < -0.4 is 0 Å². The molecular formula is C10H13N3O2. The molecule has 0 saturated heterocycles. The highest BCUT2D eigenvalue weighted by molar-refractivity contribution is 5.53. The van der Waals surface area contributed by atoms with Crippen LogP contribution in [0, 0.1) is 0 Å². The maximum Gasteiger partial charge on any atom is 0.162 e. The minimum Gasteiger partial charge on any atom is -0.388 e. The second-order valence-electron chi connectivity index (χ2n) is 3.31. The third kappa shape index (κ3) is 1.92. The van der Waals surface area contributed by atoms with Gasteiger partial charge >= 0.3 is 0 Å². The molecule has 0 amide bonds. The van der Waals surface area contributed by atoms with E-state index in [-0.39, 0.29) is 6.61 Å². The van der Waals surface area contributed by atoms with Crippen molar-refractivity contribution >= 4 is 0 Å². The Morgan fingerprint density at radius 3 is 3.07 bits per heavy atom. The van der Waals surface area contributed by atoms with Crippen LogP contribution in [0.4, 0.5) is 0 Å². The first-order valence-electron chi connectivity index (χ1n) is 4.92. The highest BCUT2D eigenvalue weighted by Gasteiger charge is 2.09. The summed E-state index contributed by atoms with van der Waals surface area (Å²) in [6.45, 7) is 2.87. The lowest BCUT2D eigenvalue weighted by Crippen LogP contribution is -1.97. The van der Waals surface area contributed by atoms with Crippen LogP contribution in [0.3, 0.4) is 0 Å². The minimum absolute atomic E-state index is 0.130. The molecule has 0 aliphatic rings. The van der Waals surface area contributed by atoms with Crippen molar-refractivity contribution in [1.29, 1.82) is 0 Å². The van der Waals surface area contributed by atoms with Gasteiger partial charge in [0.15, 0.2) is 5.76 Å². The number of rotatable bonds is 4. The summed E-state index contributed by atoms with van der Waals surface area (Å²) in [4.78, 5) is 4.07. The Labute approximate surface area is 87.3 Å². The number of aliphatic hydroxyl groups excluding tert-OH is 1. The van der Waals surface area contributed by atoms with Crippen molar-refractivity contribution in [2.24, 2.45) is 0 Å². The normalized spacial score (nSPS) is 10.8.